The summed E-state index contributed by atoms with van der Waals surface area (Å²) >= 11 is 1.56. The second-order valence-electron chi connectivity index (χ2n) is 2.89. The van der Waals surface area contributed by atoms with E-state index in [1.807, 2.05) is 30.3 Å². The Balaban J connectivity index is 2.29. The molecule has 0 aliphatic heterocycles. The Morgan fingerprint density at radius 3 is 2.57 bits per heavy atom. The molecule has 0 spiro atoms. The van der Waals surface area contributed by atoms with Crippen LogP contribution in [0.3, 0.4) is 0 Å². The Hall–Kier alpha value is -1.22. The molecule has 0 aromatic heterocycles. The third-order valence-corrected chi connectivity index (χ3v) is 2.78. The van der Waals surface area contributed by atoms with Crippen LogP contribution in [-0.2, 0) is 10.5 Å². The van der Waals surface area contributed by atoms with Crippen molar-refractivity contribution >= 4 is 17.7 Å². The van der Waals surface area contributed by atoms with Crippen LogP contribution in [0.15, 0.2) is 42.5 Å². The topological polar surface area (TPSA) is 37.3 Å². The minimum atomic E-state index is -0.912. The summed E-state index contributed by atoms with van der Waals surface area (Å²) in [4.78, 5) is 10.4. The molecule has 1 N–H and O–H groups in total. The summed E-state index contributed by atoms with van der Waals surface area (Å²) in [5, 5.41) is 8.57. The summed E-state index contributed by atoms with van der Waals surface area (Å²) in [6.45, 7) is 3.47. The minimum absolute atomic E-state index is 0.255. The molecule has 14 heavy (non-hydrogen) atoms. The van der Waals surface area contributed by atoms with Crippen LogP contribution in [0.25, 0.3) is 0 Å². The fourth-order valence-corrected chi connectivity index (χ4v) is 1.83. The fourth-order valence-electron chi connectivity index (χ4n) is 0.928. The number of rotatable bonds is 5. The maximum absolute atomic E-state index is 10.4. The van der Waals surface area contributed by atoms with Gasteiger partial charge in [-0.15, -0.1) is 0 Å². The second kappa shape index (κ2) is 5.50. The number of carbonyl (C=O) groups is 1. The van der Waals surface area contributed by atoms with Gasteiger partial charge < -0.3 is 5.11 Å². The Morgan fingerprint density at radius 2 is 2.00 bits per heavy atom. The molecule has 1 aromatic carbocycles. The van der Waals surface area contributed by atoms with Crippen molar-refractivity contribution in [2.24, 2.45) is 0 Å². The third kappa shape index (κ3) is 3.66. The summed E-state index contributed by atoms with van der Waals surface area (Å²) < 4.78 is 0. The zero-order chi connectivity index (χ0) is 10.4. The van der Waals surface area contributed by atoms with Crippen LogP contribution in [0.5, 0.6) is 0 Å². The summed E-state index contributed by atoms with van der Waals surface area (Å²) in [7, 11) is 0. The van der Waals surface area contributed by atoms with Gasteiger partial charge in [-0.2, -0.15) is 11.8 Å². The molecule has 0 aliphatic carbocycles. The molecular weight excluding hydrogens is 196 g/mol. The lowest BCUT2D eigenvalue weighted by atomic mass is 10.2. The highest BCUT2D eigenvalue weighted by Crippen LogP contribution is 2.14. The van der Waals surface area contributed by atoms with Crippen LogP contribution in [0.4, 0.5) is 0 Å². The number of benzene rings is 1. The van der Waals surface area contributed by atoms with Gasteiger partial charge in [0.15, 0.2) is 0 Å². The van der Waals surface area contributed by atoms with Crippen LogP contribution in [0, 0.1) is 0 Å². The molecule has 0 fully saturated rings. The molecule has 3 heteroatoms. The first kappa shape index (κ1) is 10.9. The van der Waals surface area contributed by atoms with Gasteiger partial charge in [0.2, 0.25) is 0 Å². The van der Waals surface area contributed by atoms with E-state index in [0.29, 0.717) is 5.75 Å². The van der Waals surface area contributed by atoms with Crippen molar-refractivity contribution in [3.05, 3.63) is 48.0 Å². The van der Waals surface area contributed by atoms with Crippen LogP contribution < -0.4 is 0 Å². The maximum Gasteiger partial charge on any atom is 0.331 e. The van der Waals surface area contributed by atoms with Gasteiger partial charge in [-0.3, -0.25) is 0 Å². The van der Waals surface area contributed by atoms with Gasteiger partial charge in [0.05, 0.1) is 0 Å². The van der Waals surface area contributed by atoms with Crippen molar-refractivity contribution in [3.63, 3.8) is 0 Å². The van der Waals surface area contributed by atoms with Crippen LogP contribution in [0.2, 0.25) is 0 Å². The first-order chi connectivity index (χ1) is 6.70. The molecule has 0 saturated heterocycles. The number of thioether (sulfide) groups is 1. The van der Waals surface area contributed by atoms with Crippen molar-refractivity contribution in [1.82, 2.24) is 0 Å². The molecule has 0 saturated carbocycles. The van der Waals surface area contributed by atoms with E-state index in [9.17, 15) is 4.79 Å². The summed E-state index contributed by atoms with van der Waals surface area (Å²) in [5.74, 6) is 0.391. The van der Waals surface area contributed by atoms with Gasteiger partial charge in [-0.25, -0.2) is 4.79 Å². The highest BCUT2D eigenvalue weighted by molar-refractivity contribution is 7.98. The van der Waals surface area contributed by atoms with Crippen molar-refractivity contribution in [2.75, 3.05) is 5.75 Å². The average Bonchev–Trinajstić information content (AvgIpc) is 2.19. The monoisotopic (exact) mass is 208 g/mol. The summed E-state index contributed by atoms with van der Waals surface area (Å²) in [6.07, 6.45) is 0. The van der Waals surface area contributed by atoms with Crippen molar-refractivity contribution in [3.8, 4) is 0 Å². The standard InChI is InChI=1S/C11H12O2S/c1-9(11(12)13)7-14-8-10-5-3-2-4-6-10/h2-6H,1,7-8H2,(H,12,13). The molecule has 74 valence electrons. The third-order valence-electron chi connectivity index (χ3n) is 1.69. The van der Waals surface area contributed by atoms with E-state index in [0.717, 1.165) is 5.75 Å². The molecule has 2 nitrogen and oxygen atoms in total. The molecule has 0 radical (unpaired) electrons. The lowest BCUT2D eigenvalue weighted by Gasteiger charge is -2.01. The predicted octanol–water partition coefficient (Wildman–Crippen LogP) is 2.56. The average molecular weight is 208 g/mol. The van der Waals surface area contributed by atoms with Crippen molar-refractivity contribution < 1.29 is 9.90 Å². The molecule has 0 heterocycles. The van der Waals surface area contributed by atoms with Gasteiger partial charge in [0.1, 0.15) is 0 Å². The van der Waals surface area contributed by atoms with E-state index in [4.69, 9.17) is 5.11 Å². The maximum atomic E-state index is 10.4. The Labute approximate surface area is 87.6 Å². The van der Waals surface area contributed by atoms with Crippen molar-refractivity contribution in [2.45, 2.75) is 5.75 Å². The second-order valence-corrected chi connectivity index (χ2v) is 3.87. The number of hydrogen-bond acceptors (Lipinski definition) is 2. The van der Waals surface area contributed by atoms with Crippen LogP contribution in [0.1, 0.15) is 5.56 Å². The number of carboxylic acids is 1. The first-order valence-electron chi connectivity index (χ1n) is 4.23. The Kier molecular flexibility index (Phi) is 4.26. The van der Waals surface area contributed by atoms with Gasteiger partial charge in [0, 0.05) is 17.1 Å². The zero-order valence-corrected chi connectivity index (χ0v) is 8.59. The minimum Gasteiger partial charge on any atom is -0.478 e. The molecule has 0 amide bonds. The van der Waals surface area contributed by atoms with E-state index in [2.05, 4.69) is 6.58 Å². The van der Waals surface area contributed by atoms with Gasteiger partial charge in [-0.1, -0.05) is 36.9 Å². The highest BCUT2D eigenvalue weighted by atomic mass is 32.2. The normalized spacial score (nSPS) is 9.71. The molecule has 0 bridgehead atoms. The van der Waals surface area contributed by atoms with Crippen molar-refractivity contribution in [1.29, 1.82) is 0 Å². The Morgan fingerprint density at radius 1 is 1.36 bits per heavy atom. The van der Waals surface area contributed by atoms with Gasteiger partial charge in [-0.05, 0) is 5.56 Å². The molecule has 1 rings (SSSR count). The number of carboxylic acid groups (broad SMARTS) is 1. The molecule has 0 unspecified atom stereocenters. The van der Waals surface area contributed by atoms with E-state index >= 15 is 0 Å². The molecular formula is C11H12O2S. The molecule has 0 atom stereocenters. The largest absolute Gasteiger partial charge is 0.478 e. The quantitative estimate of drug-likeness (QED) is 0.756. The predicted molar refractivity (Wildman–Crippen MR) is 59.4 cm³/mol. The summed E-state index contributed by atoms with van der Waals surface area (Å²) in [6, 6.07) is 9.96. The van der Waals surface area contributed by atoms with Crippen LogP contribution >= 0.6 is 11.8 Å². The smallest absolute Gasteiger partial charge is 0.331 e. The highest BCUT2D eigenvalue weighted by Gasteiger charge is 2.03. The van der Waals surface area contributed by atoms with E-state index in [1.54, 1.807) is 11.8 Å². The zero-order valence-electron chi connectivity index (χ0n) is 7.77. The first-order valence-corrected chi connectivity index (χ1v) is 5.38. The number of aliphatic carboxylic acids is 1. The Bertz CT molecular complexity index is 319. The molecule has 1 aromatic rings. The van der Waals surface area contributed by atoms with Crippen LogP contribution in [-0.4, -0.2) is 16.8 Å². The number of hydrogen-bond donors (Lipinski definition) is 1. The van der Waals surface area contributed by atoms with E-state index in [-0.39, 0.29) is 5.57 Å². The lowest BCUT2D eigenvalue weighted by Crippen LogP contribution is -2.01. The van der Waals surface area contributed by atoms with E-state index in [1.165, 1.54) is 5.56 Å². The van der Waals surface area contributed by atoms with E-state index < -0.39 is 5.97 Å². The molecule has 0 aliphatic rings. The SMILES string of the molecule is C=C(CSCc1ccccc1)C(=O)O. The fraction of sp³-hybridized carbons (Fsp3) is 0.182. The lowest BCUT2D eigenvalue weighted by molar-refractivity contribution is -0.132. The summed E-state index contributed by atoms with van der Waals surface area (Å²) in [5.41, 5.74) is 1.46. The van der Waals surface area contributed by atoms with Gasteiger partial charge >= 0.3 is 5.97 Å². The van der Waals surface area contributed by atoms with Gasteiger partial charge in [0.25, 0.3) is 0 Å².